The maximum absolute atomic E-state index is 11.1. The van der Waals surface area contributed by atoms with Crippen molar-refractivity contribution < 1.29 is 9.53 Å². The number of ether oxygens (including phenoxy) is 1. The van der Waals surface area contributed by atoms with Gasteiger partial charge in [0.05, 0.1) is 6.10 Å². The van der Waals surface area contributed by atoms with Crippen LogP contribution < -0.4 is 0 Å². The first-order valence-corrected chi connectivity index (χ1v) is 4.96. The zero-order chi connectivity index (χ0) is 8.81. The minimum absolute atomic E-state index is 0.254. The molecular formula is C10H18O2. The lowest BCUT2D eigenvalue weighted by atomic mass is 10.2. The Morgan fingerprint density at radius 2 is 2.08 bits per heavy atom. The molecule has 0 N–H and O–H groups in total. The van der Waals surface area contributed by atoms with E-state index in [0.717, 1.165) is 19.3 Å². The lowest BCUT2D eigenvalue weighted by Crippen LogP contribution is -2.15. The highest BCUT2D eigenvalue weighted by Crippen LogP contribution is 2.20. The van der Waals surface area contributed by atoms with E-state index in [9.17, 15) is 4.79 Å². The van der Waals surface area contributed by atoms with E-state index in [1.165, 1.54) is 12.8 Å². The minimum Gasteiger partial charge on any atom is -0.370 e. The van der Waals surface area contributed by atoms with E-state index in [1.54, 1.807) is 0 Å². The Balaban J connectivity index is 2.03. The summed E-state index contributed by atoms with van der Waals surface area (Å²) in [5.74, 6) is 0.254. The van der Waals surface area contributed by atoms with E-state index in [4.69, 9.17) is 4.74 Å². The fourth-order valence-electron chi connectivity index (χ4n) is 1.62. The van der Waals surface area contributed by atoms with Crippen molar-refractivity contribution in [3.05, 3.63) is 0 Å². The highest BCUT2D eigenvalue weighted by molar-refractivity contribution is 5.79. The van der Waals surface area contributed by atoms with Crippen LogP contribution >= 0.6 is 0 Å². The average molecular weight is 170 g/mol. The van der Waals surface area contributed by atoms with Crippen LogP contribution in [0.5, 0.6) is 0 Å². The summed E-state index contributed by atoms with van der Waals surface area (Å²) >= 11 is 0. The Morgan fingerprint density at radius 1 is 1.42 bits per heavy atom. The summed E-state index contributed by atoms with van der Waals surface area (Å²) in [4.78, 5) is 11.1. The van der Waals surface area contributed by atoms with Gasteiger partial charge in [-0.1, -0.05) is 19.8 Å². The third kappa shape index (κ3) is 3.35. The molecule has 0 amide bonds. The highest BCUT2D eigenvalue weighted by atomic mass is 16.5. The number of ketones is 1. The summed E-state index contributed by atoms with van der Waals surface area (Å²) in [5.41, 5.74) is 0. The van der Waals surface area contributed by atoms with Crippen LogP contribution in [0, 0.1) is 0 Å². The van der Waals surface area contributed by atoms with E-state index >= 15 is 0 Å². The van der Waals surface area contributed by atoms with Gasteiger partial charge in [-0.15, -0.1) is 0 Å². The third-order valence-electron chi connectivity index (χ3n) is 2.31. The molecule has 0 spiro atoms. The van der Waals surface area contributed by atoms with Crippen LogP contribution in [-0.2, 0) is 9.53 Å². The number of hydrogen-bond acceptors (Lipinski definition) is 2. The van der Waals surface area contributed by atoms with Gasteiger partial charge in [0, 0.05) is 6.42 Å². The maximum atomic E-state index is 11.1. The lowest BCUT2D eigenvalue weighted by molar-refractivity contribution is -0.125. The number of Topliss-reactive ketones (excluding diaryl/α,β-unsaturated/α-hetero) is 1. The number of rotatable bonds is 5. The first-order valence-electron chi connectivity index (χ1n) is 4.96. The summed E-state index contributed by atoms with van der Waals surface area (Å²) in [6, 6.07) is 0. The molecule has 0 aromatic carbocycles. The molecule has 1 aliphatic rings. The Labute approximate surface area is 74.3 Å². The van der Waals surface area contributed by atoms with Crippen molar-refractivity contribution >= 4 is 5.78 Å². The first kappa shape index (κ1) is 9.72. The van der Waals surface area contributed by atoms with Crippen molar-refractivity contribution in [2.45, 2.75) is 51.6 Å². The van der Waals surface area contributed by atoms with Gasteiger partial charge in [-0.25, -0.2) is 0 Å². The number of hydrogen-bond donors (Lipinski definition) is 0. The van der Waals surface area contributed by atoms with E-state index in [1.807, 2.05) is 6.92 Å². The van der Waals surface area contributed by atoms with Gasteiger partial charge in [-0.3, -0.25) is 4.79 Å². The monoisotopic (exact) mass is 170 g/mol. The van der Waals surface area contributed by atoms with E-state index in [0.29, 0.717) is 19.1 Å². The summed E-state index contributed by atoms with van der Waals surface area (Å²) < 4.78 is 5.47. The molecule has 0 saturated heterocycles. The molecule has 1 saturated carbocycles. The van der Waals surface area contributed by atoms with Crippen LogP contribution in [0.3, 0.4) is 0 Å². The van der Waals surface area contributed by atoms with Crippen molar-refractivity contribution in [3.63, 3.8) is 0 Å². The normalized spacial score (nSPS) is 18.4. The third-order valence-corrected chi connectivity index (χ3v) is 2.31. The molecule has 1 rings (SSSR count). The van der Waals surface area contributed by atoms with Crippen LogP contribution in [0.4, 0.5) is 0 Å². The highest BCUT2D eigenvalue weighted by Gasteiger charge is 2.15. The second-order valence-electron chi connectivity index (χ2n) is 3.51. The Bertz CT molecular complexity index is 137. The molecule has 0 bridgehead atoms. The van der Waals surface area contributed by atoms with Gasteiger partial charge in [-0.05, 0) is 19.3 Å². The lowest BCUT2D eigenvalue weighted by Gasteiger charge is -2.09. The molecule has 12 heavy (non-hydrogen) atoms. The van der Waals surface area contributed by atoms with Crippen LogP contribution in [-0.4, -0.2) is 18.5 Å². The van der Waals surface area contributed by atoms with E-state index in [-0.39, 0.29) is 5.78 Å². The molecule has 0 atom stereocenters. The molecule has 0 aromatic rings. The molecule has 0 aromatic heterocycles. The molecule has 70 valence electrons. The molecule has 0 unspecified atom stereocenters. The SMILES string of the molecule is CCCC(=O)COC1CCCC1. The first-order chi connectivity index (χ1) is 5.83. The smallest absolute Gasteiger partial charge is 0.158 e. The van der Waals surface area contributed by atoms with Crippen molar-refractivity contribution in [1.29, 1.82) is 0 Å². The maximum Gasteiger partial charge on any atom is 0.158 e. The van der Waals surface area contributed by atoms with Gasteiger partial charge in [0.25, 0.3) is 0 Å². The predicted octanol–water partition coefficient (Wildman–Crippen LogP) is 2.31. The Kier molecular flexibility index (Phi) is 4.30. The van der Waals surface area contributed by atoms with E-state index in [2.05, 4.69) is 0 Å². The van der Waals surface area contributed by atoms with Crippen LogP contribution in [0.15, 0.2) is 0 Å². The van der Waals surface area contributed by atoms with Gasteiger partial charge in [0.1, 0.15) is 6.61 Å². The minimum atomic E-state index is 0.254. The van der Waals surface area contributed by atoms with Gasteiger partial charge < -0.3 is 4.74 Å². The molecule has 0 aliphatic heterocycles. The Hall–Kier alpha value is -0.370. The second kappa shape index (κ2) is 5.31. The van der Waals surface area contributed by atoms with Crippen LogP contribution in [0.1, 0.15) is 45.4 Å². The topological polar surface area (TPSA) is 26.3 Å². The van der Waals surface area contributed by atoms with Crippen molar-refractivity contribution in [3.8, 4) is 0 Å². The zero-order valence-corrected chi connectivity index (χ0v) is 7.84. The standard InChI is InChI=1S/C10H18O2/c1-2-5-9(11)8-12-10-6-3-4-7-10/h10H,2-8H2,1H3. The summed E-state index contributed by atoms with van der Waals surface area (Å²) in [6.45, 7) is 2.37. The molecule has 1 fully saturated rings. The molecule has 0 heterocycles. The summed E-state index contributed by atoms with van der Waals surface area (Å²) in [5, 5.41) is 0. The fourth-order valence-corrected chi connectivity index (χ4v) is 1.62. The predicted molar refractivity (Wildman–Crippen MR) is 48.1 cm³/mol. The van der Waals surface area contributed by atoms with Gasteiger partial charge in [0.2, 0.25) is 0 Å². The second-order valence-corrected chi connectivity index (χ2v) is 3.51. The fraction of sp³-hybridized carbons (Fsp3) is 0.900. The summed E-state index contributed by atoms with van der Waals surface area (Å²) in [6.07, 6.45) is 6.84. The molecular weight excluding hydrogens is 152 g/mol. The van der Waals surface area contributed by atoms with Crippen molar-refractivity contribution in [2.75, 3.05) is 6.61 Å². The molecule has 2 heteroatoms. The van der Waals surface area contributed by atoms with Crippen molar-refractivity contribution in [2.24, 2.45) is 0 Å². The average Bonchev–Trinajstić information content (AvgIpc) is 2.53. The summed E-state index contributed by atoms with van der Waals surface area (Å²) in [7, 11) is 0. The largest absolute Gasteiger partial charge is 0.370 e. The van der Waals surface area contributed by atoms with Gasteiger partial charge in [-0.2, -0.15) is 0 Å². The molecule has 2 nitrogen and oxygen atoms in total. The molecule has 1 aliphatic carbocycles. The van der Waals surface area contributed by atoms with Crippen LogP contribution in [0.2, 0.25) is 0 Å². The quantitative estimate of drug-likeness (QED) is 0.633. The zero-order valence-electron chi connectivity index (χ0n) is 7.84. The van der Waals surface area contributed by atoms with Crippen LogP contribution in [0.25, 0.3) is 0 Å². The van der Waals surface area contributed by atoms with Crippen molar-refractivity contribution in [1.82, 2.24) is 0 Å². The Morgan fingerprint density at radius 3 is 2.67 bits per heavy atom. The molecule has 0 radical (unpaired) electrons. The number of carbonyl (C=O) groups excluding carboxylic acids is 1. The van der Waals surface area contributed by atoms with Gasteiger partial charge in [0.15, 0.2) is 5.78 Å². The number of carbonyl (C=O) groups is 1. The van der Waals surface area contributed by atoms with Gasteiger partial charge >= 0.3 is 0 Å². The van der Waals surface area contributed by atoms with E-state index < -0.39 is 0 Å².